The molecule has 0 fully saturated rings. The van der Waals surface area contributed by atoms with Crippen LogP contribution in [0.3, 0.4) is 0 Å². The Kier molecular flexibility index (Phi) is 9.30. The molecule has 0 aliphatic rings. The number of halogens is 1. The average molecular weight is 244 g/mol. The van der Waals surface area contributed by atoms with Crippen LogP contribution in [0.15, 0.2) is 24.3 Å². The molecule has 0 radical (unpaired) electrons. The minimum Gasteiger partial charge on any atom is -0.396 e. The van der Waals surface area contributed by atoms with Gasteiger partial charge in [0.15, 0.2) is 0 Å². The molecule has 0 aliphatic carbocycles. The van der Waals surface area contributed by atoms with Crippen LogP contribution in [0.25, 0.3) is 0 Å². The van der Waals surface area contributed by atoms with E-state index in [1.54, 1.807) is 0 Å². The summed E-state index contributed by atoms with van der Waals surface area (Å²) in [6.07, 6.45) is 3.18. The summed E-state index contributed by atoms with van der Waals surface area (Å²) in [5.74, 6) is 0. The van der Waals surface area contributed by atoms with Crippen molar-refractivity contribution in [1.29, 1.82) is 0 Å². The van der Waals surface area contributed by atoms with Crippen molar-refractivity contribution < 1.29 is 5.11 Å². The minimum atomic E-state index is 0. The number of benzene rings is 1. The van der Waals surface area contributed by atoms with Gasteiger partial charge in [-0.2, -0.15) is 0 Å². The van der Waals surface area contributed by atoms with Gasteiger partial charge in [-0.05, 0) is 43.9 Å². The molecule has 1 rings (SSSR count). The Labute approximate surface area is 104 Å². The molecule has 0 aliphatic heterocycles. The Hall–Kier alpha value is -0.570. The molecule has 0 saturated heterocycles. The quantitative estimate of drug-likeness (QED) is 0.722. The lowest BCUT2D eigenvalue weighted by Crippen LogP contribution is -2.15. The van der Waals surface area contributed by atoms with Gasteiger partial charge in [0.1, 0.15) is 0 Å². The summed E-state index contributed by atoms with van der Waals surface area (Å²) in [5.41, 5.74) is 2.72. The molecule has 0 atom stereocenters. The van der Waals surface area contributed by atoms with Gasteiger partial charge in [0.2, 0.25) is 0 Å². The van der Waals surface area contributed by atoms with Crippen LogP contribution < -0.4 is 5.32 Å². The zero-order chi connectivity index (χ0) is 10.9. The first-order valence-electron chi connectivity index (χ1n) is 5.70. The smallest absolute Gasteiger partial charge is 0.0431 e. The van der Waals surface area contributed by atoms with E-state index in [2.05, 4.69) is 36.5 Å². The van der Waals surface area contributed by atoms with Crippen LogP contribution in [0.4, 0.5) is 0 Å². The number of aliphatic hydroxyl groups is 1. The molecule has 2 N–H and O–H groups in total. The molecule has 0 aromatic heterocycles. The molecule has 16 heavy (non-hydrogen) atoms. The van der Waals surface area contributed by atoms with Crippen LogP contribution >= 0.6 is 12.4 Å². The van der Waals surface area contributed by atoms with Crippen molar-refractivity contribution >= 4 is 12.4 Å². The maximum Gasteiger partial charge on any atom is 0.0431 e. The van der Waals surface area contributed by atoms with E-state index in [1.807, 2.05) is 0 Å². The zero-order valence-electron chi connectivity index (χ0n) is 9.91. The summed E-state index contributed by atoms with van der Waals surface area (Å²) in [5, 5.41) is 12.0. The van der Waals surface area contributed by atoms with Crippen LogP contribution in [0.1, 0.15) is 30.4 Å². The van der Waals surface area contributed by atoms with E-state index < -0.39 is 0 Å². The van der Waals surface area contributed by atoms with Gasteiger partial charge >= 0.3 is 0 Å². The highest BCUT2D eigenvalue weighted by Gasteiger charge is 1.95. The van der Waals surface area contributed by atoms with E-state index in [0.717, 1.165) is 32.4 Å². The normalized spacial score (nSPS) is 9.88. The topological polar surface area (TPSA) is 32.3 Å². The lowest BCUT2D eigenvalue weighted by atomic mass is 10.1. The summed E-state index contributed by atoms with van der Waals surface area (Å²) in [4.78, 5) is 0. The minimum absolute atomic E-state index is 0. The summed E-state index contributed by atoms with van der Waals surface area (Å²) in [6.45, 7) is 4.45. The number of aryl methyl sites for hydroxylation is 1. The van der Waals surface area contributed by atoms with Crippen LogP contribution in [-0.4, -0.2) is 18.3 Å². The molecule has 1 aromatic rings. The van der Waals surface area contributed by atoms with E-state index in [1.165, 1.54) is 11.1 Å². The number of rotatable bonds is 7. The number of aliphatic hydroxyl groups excluding tert-OH is 1. The molecule has 3 heteroatoms. The van der Waals surface area contributed by atoms with E-state index in [9.17, 15) is 0 Å². The predicted octanol–water partition coefficient (Wildman–Crippen LogP) is 2.67. The van der Waals surface area contributed by atoms with Gasteiger partial charge < -0.3 is 10.4 Å². The van der Waals surface area contributed by atoms with Gasteiger partial charge in [0, 0.05) is 13.2 Å². The third kappa shape index (κ3) is 6.11. The van der Waals surface area contributed by atoms with E-state index in [4.69, 9.17) is 5.11 Å². The van der Waals surface area contributed by atoms with Crippen LogP contribution in [0, 0.1) is 6.92 Å². The molecule has 0 heterocycles. The van der Waals surface area contributed by atoms with Crippen molar-refractivity contribution in [3.63, 3.8) is 0 Å². The first kappa shape index (κ1) is 15.4. The fourth-order valence-corrected chi connectivity index (χ4v) is 1.57. The molecular formula is C13H22ClNO. The highest BCUT2D eigenvalue weighted by Crippen LogP contribution is 2.06. The molecule has 0 amide bonds. The second-order valence-corrected chi connectivity index (χ2v) is 3.89. The lowest BCUT2D eigenvalue weighted by molar-refractivity contribution is 0.283. The molecule has 0 unspecified atom stereocenters. The number of hydrogen-bond donors (Lipinski definition) is 2. The molecule has 0 saturated carbocycles. The number of unbranched alkanes of at least 4 members (excludes halogenated alkanes) is 2. The van der Waals surface area contributed by atoms with Crippen LogP contribution in [-0.2, 0) is 6.54 Å². The Morgan fingerprint density at radius 3 is 2.56 bits per heavy atom. The number of hydrogen-bond acceptors (Lipinski definition) is 2. The molecule has 0 bridgehead atoms. The SMILES string of the molecule is Cc1ccccc1CNCCCCCO.Cl. The summed E-state index contributed by atoms with van der Waals surface area (Å²) in [7, 11) is 0. The highest BCUT2D eigenvalue weighted by atomic mass is 35.5. The second kappa shape index (κ2) is 9.64. The van der Waals surface area contributed by atoms with Crippen molar-refractivity contribution in [1.82, 2.24) is 5.32 Å². The maximum absolute atomic E-state index is 8.62. The molecule has 92 valence electrons. The van der Waals surface area contributed by atoms with Gasteiger partial charge in [-0.25, -0.2) is 0 Å². The third-order valence-electron chi connectivity index (χ3n) is 2.59. The van der Waals surface area contributed by atoms with Crippen molar-refractivity contribution in [2.24, 2.45) is 0 Å². The largest absolute Gasteiger partial charge is 0.396 e. The fraction of sp³-hybridized carbons (Fsp3) is 0.538. The first-order chi connectivity index (χ1) is 7.34. The molecule has 1 aromatic carbocycles. The molecular weight excluding hydrogens is 222 g/mol. The lowest BCUT2D eigenvalue weighted by Gasteiger charge is -2.07. The van der Waals surface area contributed by atoms with Crippen molar-refractivity contribution in [3.8, 4) is 0 Å². The first-order valence-corrected chi connectivity index (χ1v) is 5.70. The second-order valence-electron chi connectivity index (χ2n) is 3.89. The van der Waals surface area contributed by atoms with E-state index in [0.29, 0.717) is 6.61 Å². The average Bonchev–Trinajstić information content (AvgIpc) is 2.25. The van der Waals surface area contributed by atoms with Gasteiger partial charge in [-0.15, -0.1) is 12.4 Å². The Morgan fingerprint density at radius 1 is 1.12 bits per heavy atom. The molecule has 2 nitrogen and oxygen atoms in total. The van der Waals surface area contributed by atoms with Gasteiger partial charge in [-0.1, -0.05) is 24.3 Å². The highest BCUT2D eigenvalue weighted by molar-refractivity contribution is 5.85. The predicted molar refractivity (Wildman–Crippen MR) is 71.1 cm³/mol. The fourth-order valence-electron chi connectivity index (χ4n) is 1.57. The Balaban J connectivity index is 0.00000225. The van der Waals surface area contributed by atoms with Crippen LogP contribution in [0.5, 0.6) is 0 Å². The van der Waals surface area contributed by atoms with Gasteiger partial charge in [0.05, 0.1) is 0 Å². The van der Waals surface area contributed by atoms with Crippen LogP contribution in [0.2, 0.25) is 0 Å². The van der Waals surface area contributed by atoms with Crippen molar-refractivity contribution in [2.75, 3.05) is 13.2 Å². The van der Waals surface area contributed by atoms with Crippen molar-refractivity contribution in [2.45, 2.75) is 32.7 Å². The summed E-state index contributed by atoms with van der Waals surface area (Å²) in [6, 6.07) is 8.45. The van der Waals surface area contributed by atoms with Gasteiger partial charge in [0.25, 0.3) is 0 Å². The maximum atomic E-state index is 8.62. The van der Waals surface area contributed by atoms with E-state index in [-0.39, 0.29) is 12.4 Å². The third-order valence-corrected chi connectivity index (χ3v) is 2.59. The number of nitrogens with one attached hydrogen (secondary N) is 1. The van der Waals surface area contributed by atoms with Gasteiger partial charge in [-0.3, -0.25) is 0 Å². The van der Waals surface area contributed by atoms with Crippen molar-refractivity contribution in [3.05, 3.63) is 35.4 Å². The Bertz CT molecular complexity index is 278. The Morgan fingerprint density at radius 2 is 1.88 bits per heavy atom. The summed E-state index contributed by atoms with van der Waals surface area (Å²) >= 11 is 0. The summed E-state index contributed by atoms with van der Waals surface area (Å²) < 4.78 is 0. The molecule has 0 spiro atoms. The van der Waals surface area contributed by atoms with E-state index >= 15 is 0 Å². The zero-order valence-corrected chi connectivity index (χ0v) is 10.7. The standard InChI is InChI=1S/C13H21NO.ClH/c1-12-7-3-4-8-13(12)11-14-9-5-2-6-10-15;/h3-4,7-8,14-15H,2,5-6,9-11H2,1H3;1H. The monoisotopic (exact) mass is 243 g/mol.